The van der Waals surface area contributed by atoms with Crippen LogP contribution in [0.1, 0.15) is 11.6 Å². The van der Waals surface area contributed by atoms with E-state index in [9.17, 15) is 9.90 Å². The van der Waals surface area contributed by atoms with Crippen molar-refractivity contribution in [1.82, 2.24) is 0 Å². The molecule has 0 fully saturated rings. The molecule has 3 nitrogen and oxygen atoms in total. The molecule has 0 bridgehead atoms. The third-order valence-corrected chi connectivity index (χ3v) is 4.37. The average Bonchev–Trinajstić information content (AvgIpc) is 2.39. The second kappa shape index (κ2) is 6.61. The molecule has 104 valence electrons. The fraction of sp³-hybridized carbons (Fsp3) is 0.0714. The minimum absolute atomic E-state index is 0.574. The summed E-state index contributed by atoms with van der Waals surface area (Å²) < 4.78 is 1.54. The molecular formula is C14H10Br2ClNO2. The van der Waals surface area contributed by atoms with Gasteiger partial charge in [-0.3, -0.25) is 0 Å². The summed E-state index contributed by atoms with van der Waals surface area (Å²) in [5.41, 5.74) is 1.34. The van der Waals surface area contributed by atoms with Gasteiger partial charge in [0.05, 0.1) is 5.02 Å². The Hall–Kier alpha value is -1.04. The number of carbonyl (C=O) groups is 1. The molecule has 0 spiro atoms. The van der Waals surface area contributed by atoms with E-state index in [2.05, 4.69) is 37.2 Å². The lowest BCUT2D eigenvalue weighted by Gasteiger charge is -2.17. The molecule has 0 aliphatic carbocycles. The van der Waals surface area contributed by atoms with Crippen LogP contribution in [0, 0.1) is 0 Å². The van der Waals surface area contributed by atoms with E-state index in [-0.39, 0.29) is 0 Å². The molecule has 0 aliphatic heterocycles. The Morgan fingerprint density at radius 2 is 1.95 bits per heavy atom. The van der Waals surface area contributed by atoms with Crippen molar-refractivity contribution in [1.29, 1.82) is 0 Å². The van der Waals surface area contributed by atoms with Crippen LogP contribution in [-0.2, 0) is 4.79 Å². The van der Waals surface area contributed by atoms with Crippen molar-refractivity contribution >= 4 is 55.1 Å². The molecule has 0 radical (unpaired) electrons. The summed E-state index contributed by atoms with van der Waals surface area (Å²) in [5, 5.41) is 12.9. The van der Waals surface area contributed by atoms with Gasteiger partial charge in [0.15, 0.2) is 6.04 Å². The first-order valence-electron chi connectivity index (χ1n) is 5.67. The first-order valence-corrected chi connectivity index (χ1v) is 7.63. The Kier molecular flexibility index (Phi) is 5.07. The third-order valence-electron chi connectivity index (χ3n) is 2.66. The second-order valence-electron chi connectivity index (χ2n) is 4.10. The highest BCUT2D eigenvalue weighted by Crippen LogP contribution is 2.28. The van der Waals surface area contributed by atoms with Crippen molar-refractivity contribution in [3.63, 3.8) is 0 Å². The molecule has 6 heteroatoms. The van der Waals surface area contributed by atoms with Gasteiger partial charge in [0.25, 0.3) is 0 Å². The predicted molar refractivity (Wildman–Crippen MR) is 87.3 cm³/mol. The van der Waals surface area contributed by atoms with Gasteiger partial charge >= 0.3 is 5.97 Å². The number of aliphatic carboxylic acids is 1. The molecule has 2 rings (SSSR count). The fourth-order valence-electron chi connectivity index (χ4n) is 1.73. The zero-order valence-corrected chi connectivity index (χ0v) is 14.0. The molecule has 1 unspecified atom stereocenters. The maximum Gasteiger partial charge on any atom is 0.330 e. The van der Waals surface area contributed by atoms with E-state index in [1.54, 1.807) is 36.4 Å². The summed E-state index contributed by atoms with van der Waals surface area (Å²) in [4.78, 5) is 11.5. The average molecular weight is 420 g/mol. The first kappa shape index (κ1) is 15.4. The zero-order valence-electron chi connectivity index (χ0n) is 10.1. The van der Waals surface area contributed by atoms with Gasteiger partial charge in [0.1, 0.15) is 0 Å². The van der Waals surface area contributed by atoms with Crippen molar-refractivity contribution < 1.29 is 9.90 Å². The number of halogens is 3. The summed E-state index contributed by atoms with van der Waals surface area (Å²) in [6, 6.07) is 11.5. The van der Waals surface area contributed by atoms with E-state index in [1.807, 2.05) is 6.07 Å². The van der Waals surface area contributed by atoms with Gasteiger partial charge < -0.3 is 10.4 Å². The molecule has 1 atom stereocenters. The number of hydrogen-bond acceptors (Lipinski definition) is 2. The van der Waals surface area contributed by atoms with Crippen LogP contribution in [0.15, 0.2) is 51.4 Å². The summed E-state index contributed by atoms with van der Waals surface area (Å²) in [7, 11) is 0. The van der Waals surface area contributed by atoms with Crippen molar-refractivity contribution in [2.24, 2.45) is 0 Å². The monoisotopic (exact) mass is 417 g/mol. The van der Waals surface area contributed by atoms with E-state index >= 15 is 0 Å². The van der Waals surface area contributed by atoms with Crippen molar-refractivity contribution in [2.45, 2.75) is 6.04 Å². The molecule has 2 N–H and O–H groups in total. The molecule has 0 amide bonds. The highest BCUT2D eigenvalue weighted by atomic mass is 79.9. The fourth-order valence-corrected chi connectivity index (χ4v) is 2.64. The molecule has 0 aromatic heterocycles. The van der Waals surface area contributed by atoms with E-state index in [4.69, 9.17) is 11.6 Å². The van der Waals surface area contributed by atoms with Gasteiger partial charge in [0, 0.05) is 14.6 Å². The number of benzene rings is 2. The van der Waals surface area contributed by atoms with Gasteiger partial charge in [-0.05, 0) is 51.8 Å². The van der Waals surface area contributed by atoms with Gasteiger partial charge in [-0.1, -0.05) is 39.7 Å². The van der Waals surface area contributed by atoms with Crippen LogP contribution in [0.2, 0.25) is 5.02 Å². The number of rotatable bonds is 4. The Balaban J connectivity index is 2.30. The highest BCUT2D eigenvalue weighted by molar-refractivity contribution is 9.10. The molecule has 2 aromatic carbocycles. The quantitative estimate of drug-likeness (QED) is 0.725. The number of anilines is 1. The van der Waals surface area contributed by atoms with Gasteiger partial charge in [0.2, 0.25) is 0 Å². The van der Waals surface area contributed by atoms with Crippen molar-refractivity contribution in [2.75, 3.05) is 5.32 Å². The summed E-state index contributed by atoms with van der Waals surface area (Å²) in [6.45, 7) is 0. The Morgan fingerprint density at radius 3 is 2.55 bits per heavy atom. The van der Waals surface area contributed by atoms with Crippen molar-refractivity contribution in [3.05, 3.63) is 62.0 Å². The maximum atomic E-state index is 11.5. The Morgan fingerprint density at radius 1 is 1.20 bits per heavy atom. The van der Waals surface area contributed by atoms with Crippen LogP contribution in [0.25, 0.3) is 0 Å². The molecule has 0 heterocycles. The van der Waals surface area contributed by atoms with Crippen molar-refractivity contribution in [3.8, 4) is 0 Å². The van der Waals surface area contributed by atoms with Crippen LogP contribution in [0.3, 0.4) is 0 Å². The SMILES string of the molecule is O=C(O)C(Nc1ccc(Cl)c(Br)c1)c1cccc(Br)c1. The molecule has 0 aliphatic rings. The largest absolute Gasteiger partial charge is 0.479 e. The summed E-state index contributed by atoms with van der Waals surface area (Å²) in [5.74, 6) is -0.950. The van der Waals surface area contributed by atoms with Crippen LogP contribution in [-0.4, -0.2) is 11.1 Å². The third kappa shape index (κ3) is 3.75. The van der Waals surface area contributed by atoms with Gasteiger partial charge in [-0.15, -0.1) is 0 Å². The lowest BCUT2D eigenvalue weighted by Crippen LogP contribution is -2.20. The Labute approximate surface area is 138 Å². The minimum atomic E-state index is -0.950. The molecule has 0 saturated carbocycles. The standard InChI is InChI=1S/C14H10Br2ClNO2/c15-9-3-1-2-8(6-9)13(14(19)20)18-10-4-5-12(17)11(16)7-10/h1-7,13,18H,(H,19,20). The van der Waals surface area contributed by atoms with Crippen LogP contribution in [0.5, 0.6) is 0 Å². The number of carboxylic acids is 1. The predicted octanol–water partition coefficient (Wildman–Crippen LogP) is 5.10. The normalized spacial score (nSPS) is 11.9. The number of carboxylic acid groups (broad SMARTS) is 1. The van der Waals surface area contributed by atoms with Crippen LogP contribution >= 0.6 is 43.5 Å². The molecule has 2 aromatic rings. The Bertz CT molecular complexity index is 649. The topological polar surface area (TPSA) is 49.3 Å². The molecule has 20 heavy (non-hydrogen) atoms. The lowest BCUT2D eigenvalue weighted by molar-refractivity contribution is -0.138. The zero-order chi connectivity index (χ0) is 14.7. The molecule has 0 saturated heterocycles. The van der Waals surface area contributed by atoms with Gasteiger partial charge in [-0.2, -0.15) is 0 Å². The first-order chi connectivity index (χ1) is 9.47. The van der Waals surface area contributed by atoms with E-state index in [0.717, 1.165) is 4.47 Å². The van der Waals surface area contributed by atoms with E-state index in [1.165, 1.54) is 0 Å². The van der Waals surface area contributed by atoms with E-state index in [0.29, 0.717) is 20.7 Å². The number of hydrogen-bond donors (Lipinski definition) is 2. The number of nitrogens with one attached hydrogen (secondary N) is 1. The van der Waals surface area contributed by atoms with Gasteiger partial charge in [-0.25, -0.2) is 4.79 Å². The van der Waals surface area contributed by atoms with E-state index < -0.39 is 12.0 Å². The lowest BCUT2D eigenvalue weighted by atomic mass is 10.1. The highest BCUT2D eigenvalue weighted by Gasteiger charge is 2.20. The smallest absolute Gasteiger partial charge is 0.330 e. The summed E-state index contributed by atoms with van der Waals surface area (Å²) >= 11 is 12.6. The minimum Gasteiger partial charge on any atom is -0.479 e. The second-order valence-corrected chi connectivity index (χ2v) is 6.28. The maximum absolute atomic E-state index is 11.5. The molecular weight excluding hydrogens is 409 g/mol. The summed E-state index contributed by atoms with van der Waals surface area (Å²) in [6.07, 6.45) is 0. The van der Waals surface area contributed by atoms with Crippen LogP contribution in [0.4, 0.5) is 5.69 Å². The van der Waals surface area contributed by atoms with Crippen LogP contribution < -0.4 is 5.32 Å².